The minimum atomic E-state index is -0.988. The summed E-state index contributed by atoms with van der Waals surface area (Å²) in [4.78, 5) is 34.5. The molecule has 1 saturated heterocycles. The highest BCUT2D eigenvalue weighted by molar-refractivity contribution is 6.05. The Morgan fingerprint density at radius 2 is 2.05 bits per heavy atom. The van der Waals surface area contributed by atoms with Gasteiger partial charge in [0.15, 0.2) is 6.10 Å². The smallest absolute Gasteiger partial charge is 0.314 e. The van der Waals surface area contributed by atoms with Gasteiger partial charge in [0.1, 0.15) is 0 Å². The van der Waals surface area contributed by atoms with Gasteiger partial charge >= 0.3 is 5.97 Å². The summed E-state index contributed by atoms with van der Waals surface area (Å²) < 4.78 is 5.13. The van der Waals surface area contributed by atoms with Crippen molar-refractivity contribution in [3.63, 3.8) is 0 Å². The first-order valence-electron chi connectivity index (χ1n) is 6.21. The Morgan fingerprint density at radius 3 is 2.58 bits per heavy atom. The standard InChI is InChI=1S/C14H15NO4/c1-2-10(9-6-4-3-5-7-9)14(18)19-11-8-12(16)15-13(11)17/h3-7,10-11H,2,8H2,1H3,(H,15,16,17)/t10?,11-/m0/s1. The highest BCUT2D eigenvalue weighted by Gasteiger charge is 2.35. The maximum absolute atomic E-state index is 12.1. The summed E-state index contributed by atoms with van der Waals surface area (Å²) in [6.45, 7) is 1.87. The van der Waals surface area contributed by atoms with Crippen molar-refractivity contribution in [1.29, 1.82) is 0 Å². The summed E-state index contributed by atoms with van der Waals surface area (Å²) in [5.41, 5.74) is 0.847. The molecule has 0 aliphatic carbocycles. The van der Waals surface area contributed by atoms with Crippen LogP contribution in [0.4, 0.5) is 0 Å². The number of ether oxygens (including phenoxy) is 1. The monoisotopic (exact) mass is 261 g/mol. The van der Waals surface area contributed by atoms with Crippen LogP contribution >= 0.6 is 0 Å². The number of amides is 2. The van der Waals surface area contributed by atoms with Crippen molar-refractivity contribution >= 4 is 17.8 Å². The summed E-state index contributed by atoms with van der Waals surface area (Å²) in [6, 6.07) is 9.24. The van der Waals surface area contributed by atoms with Gasteiger partial charge in [-0.15, -0.1) is 0 Å². The second-order valence-electron chi connectivity index (χ2n) is 4.41. The number of carbonyl (C=O) groups is 3. The SMILES string of the molecule is CCC(C(=O)O[C@H]1CC(=O)NC1=O)c1ccccc1. The van der Waals surface area contributed by atoms with Crippen LogP contribution in [0.5, 0.6) is 0 Å². The number of rotatable bonds is 4. The molecule has 100 valence electrons. The molecule has 1 heterocycles. The Kier molecular flexibility index (Phi) is 3.94. The van der Waals surface area contributed by atoms with Crippen molar-refractivity contribution < 1.29 is 19.1 Å². The summed E-state index contributed by atoms with van der Waals surface area (Å²) in [7, 11) is 0. The van der Waals surface area contributed by atoms with Crippen molar-refractivity contribution in [2.75, 3.05) is 0 Å². The Balaban J connectivity index is 2.06. The lowest BCUT2D eigenvalue weighted by atomic mass is 9.97. The average Bonchev–Trinajstić information content (AvgIpc) is 2.70. The van der Waals surface area contributed by atoms with Crippen LogP contribution < -0.4 is 5.32 Å². The molecule has 1 fully saturated rings. The van der Waals surface area contributed by atoms with Gasteiger partial charge in [0.2, 0.25) is 5.91 Å². The van der Waals surface area contributed by atoms with Gasteiger partial charge in [-0.25, -0.2) is 0 Å². The molecule has 0 spiro atoms. The molecule has 0 bridgehead atoms. The minimum Gasteiger partial charge on any atom is -0.451 e. The predicted molar refractivity (Wildman–Crippen MR) is 67.1 cm³/mol. The molecule has 0 saturated carbocycles. The molecule has 0 radical (unpaired) electrons. The molecular formula is C14H15NO4. The number of carbonyl (C=O) groups excluding carboxylic acids is 3. The second-order valence-corrected chi connectivity index (χ2v) is 4.41. The van der Waals surface area contributed by atoms with Gasteiger partial charge in [-0.1, -0.05) is 37.3 Å². The molecule has 2 atom stereocenters. The number of nitrogens with one attached hydrogen (secondary N) is 1. The fraction of sp³-hybridized carbons (Fsp3) is 0.357. The lowest BCUT2D eigenvalue weighted by Crippen LogP contribution is -2.30. The highest BCUT2D eigenvalue weighted by Crippen LogP contribution is 2.22. The Labute approximate surface area is 110 Å². The molecule has 19 heavy (non-hydrogen) atoms. The third-order valence-corrected chi connectivity index (χ3v) is 3.08. The molecule has 1 unspecified atom stereocenters. The summed E-state index contributed by atoms with van der Waals surface area (Å²) >= 11 is 0. The van der Waals surface area contributed by atoms with Crippen LogP contribution in [0.15, 0.2) is 30.3 Å². The second kappa shape index (κ2) is 5.65. The summed E-state index contributed by atoms with van der Waals surface area (Å²) in [5.74, 6) is -1.83. The van der Waals surface area contributed by atoms with E-state index in [2.05, 4.69) is 5.32 Å². The number of benzene rings is 1. The van der Waals surface area contributed by atoms with Crippen LogP contribution in [-0.2, 0) is 19.1 Å². The molecule has 2 rings (SSSR count). The van der Waals surface area contributed by atoms with Crippen LogP contribution in [-0.4, -0.2) is 23.9 Å². The maximum atomic E-state index is 12.1. The predicted octanol–water partition coefficient (Wildman–Crippen LogP) is 1.14. The molecule has 1 aromatic rings. The zero-order chi connectivity index (χ0) is 13.8. The summed E-state index contributed by atoms with van der Waals surface area (Å²) in [5, 5.41) is 2.11. The number of hydrogen-bond donors (Lipinski definition) is 1. The molecule has 1 aliphatic rings. The Bertz CT molecular complexity index is 497. The molecule has 5 heteroatoms. The van der Waals surface area contributed by atoms with Crippen molar-refractivity contribution in [3.05, 3.63) is 35.9 Å². The Morgan fingerprint density at radius 1 is 1.37 bits per heavy atom. The quantitative estimate of drug-likeness (QED) is 0.651. The zero-order valence-electron chi connectivity index (χ0n) is 10.6. The number of hydrogen-bond acceptors (Lipinski definition) is 4. The van der Waals surface area contributed by atoms with Crippen molar-refractivity contribution in [2.24, 2.45) is 0 Å². The van der Waals surface area contributed by atoms with Gasteiger partial charge in [-0.05, 0) is 12.0 Å². The normalized spacial score (nSPS) is 19.9. The van der Waals surface area contributed by atoms with E-state index in [1.165, 1.54) is 0 Å². The van der Waals surface area contributed by atoms with Gasteiger partial charge in [-0.2, -0.15) is 0 Å². The first kappa shape index (κ1) is 13.3. The lowest BCUT2D eigenvalue weighted by Gasteiger charge is -2.16. The molecule has 2 amide bonds. The third-order valence-electron chi connectivity index (χ3n) is 3.08. The molecule has 1 aliphatic heterocycles. The van der Waals surface area contributed by atoms with Gasteiger partial charge in [0, 0.05) is 0 Å². The van der Waals surface area contributed by atoms with Crippen molar-refractivity contribution in [3.8, 4) is 0 Å². The van der Waals surface area contributed by atoms with Crippen LogP contribution in [0, 0.1) is 0 Å². The van der Waals surface area contributed by atoms with E-state index in [0.717, 1.165) is 5.56 Å². The third kappa shape index (κ3) is 2.99. The van der Waals surface area contributed by atoms with Gasteiger partial charge in [-0.3, -0.25) is 19.7 Å². The van der Waals surface area contributed by atoms with E-state index >= 15 is 0 Å². The first-order valence-corrected chi connectivity index (χ1v) is 6.21. The topological polar surface area (TPSA) is 72.5 Å². The molecule has 5 nitrogen and oxygen atoms in total. The molecule has 1 aromatic carbocycles. The Hall–Kier alpha value is -2.17. The van der Waals surface area contributed by atoms with E-state index in [1.54, 1.807) is 0 Å². The molecule has 0 aromatic heterocycles. The fourth-order valence-corrected chi connectivity index (χ4v) is 2.07. The van der Waals surface area contributed by atoms with E-state index < -0.39 is 29.8 Å². The van der Waals surface area contributed by atoms with Crippen LogP contribution in [0.3, 0.4) is 0 Å². The lowest BCUT2D eigenvalue weighted by molar-refractivity contribution is -0.155. The van der Waals surface area contributed by atoms with Gasteiger partial charge < -0.3 is 4.74 Å². The van der Waals surface area contributed by atoms with E-state index in [4.69, 9.17) is 4.74 Å². The molecule has 1 N–H and O–H groups in total. The minimum absolute atomic E-state index is 0.0875. The average molecular weight is 261 g/mol. The van der Waals surface area contributed by atoms with E-state index in [-0.39, 0.29) is 6.42 Å². The van der Waals surface area contributed by atoms with Crippen LogP contribution in [0.2, 0.25) is 0 Å². The maximum Gasteiger partial charge on any atom is 0.314 e. The van der Waals surface area contributed by atoms with Gasteiger partial charge in [0.25, 0.3) is 5.91 Å². The summed E-state index contributed by atoms with van der Waals surface area (Å²) in [6.07, 6.45) is -0.501. The van der Waals surface area contributed by atoms with Gasteiger partial charge in [0.05, 0.1) is 12.3 Å². The van der Waals surface area contributed by atoms with Crippen molar-refractivity contribution in [1.82, 2.24) is 5.32 Å². The van der Waals surface area contributed by atoms with Crippen LogP contribution in [0.25, 0.3) is 0 Å². The number of esters is 1. The number of imide groups is 1. The zero-order valence-corrected chi connectivity index (χ0v) is 10.6. The molecular weight excluding hydrogens is 246 g/mol. The van der Waals surface area contributed by atoms with E-state index in [9.17, 15) is 14.4 Å². The van der Waals surface area contributed by atoms with Crippen LogP contribution in [0.1, 0.15) is 31.2 Å². The fourth-order valence-electron chi connectivity index (χ4n) is 2.07. The van der Waals surface area contributed by atoms with E-state index in [0.29, 0.717) is 6.42 Å². The largest absolute Gasteiger partial charge is 0.451 e. The highest BCUT2D eigenvalue weighted by atomic mass is 16.5. The first-order chi connectivity index (χ1) is 9.11. The van der Waals surface area contributed by atoms with Crippen molar-refractivity contribution in [2.45, 2.75) is 31.8 Å². The van der Waals surface area contributed by atoms with E-state index in [1.807, 2.05) is 37.3 Å².